The quantitative estimate of drug-likeness (QED) is 0.433. The molecule has 0 spiro atoms. The molecule has 0 saturated carbocycles. The summed E-state index contributed by atoms with van der Waals surface area (Å²) >= 11 is 5.98. The third-order valence-corrected chi connectivity index (χ3v) is 3.11. The predicted molar refractivity (Wildman–Crippen MR) is 77.1 cm³/mol. The van der Waals surface area contributed by atoms with Gasteiger partial charge in [-0.05, 0) is 18.2 Å². The normalized spacial score (nSPS) is 10.7. The van der Waals surface area contributed by atoms with E-state index >= 15 is 0 Å². The van der Waals surface area contributed by atoms with Crippen LogP contribution in [0.3, 0.4) is 0 Å². The van der Waals surface area contributed by atoms with E-state index in [1.165, 1.54) is 18.2 Å². The number of non-ortho nitro benzene ring substituents is 1. The molecule has 0 radical (unpaired) electrons. The molecular weight excluding hydrogens is 298 g/mol. The summed E-state index contributed by atoms with van der Waals surface area (Å²) in [7, 11) is 0. The molecule has 106 valence electrons. The van der Waals surface area contributed by atoms with Gasteiger partial charge in [-0.1, -0.05) is 17.7 Å². The molecule has 2 N–H and O–H groups in total. The molecule has 0 saturated heterocycles. The number of aromatic nitrogens is 1. The maximum atomic E-state index is 10.7. The van der Waals surface area contributed by atoms with E-state index in [4.69, 9.17) is 16.0 Å². The number of nitrogens with zero attached hydrogens (tertiary/aromatic N) is 2. The average molecular weight is 306 g/mol. The third-order valence-electron chi connectivity index (χ3n) is 2.80. The van der Waals surface area contributed by atoms with Crippen molar-refractivity contribution in [3.05, 3.63) is 51.5 Å². The van der Waals surface area contributed by atoms with Crippen molar-refractivity contribution in [2.45, 2.75) is 0 Å². The summed E-state index contributed by atoms with van der Waals surface area (Å²) in [6, 6.07) is 8.75. The molecule has 3 rings (SSSR count). The molecule has 1 aromatic heterocycles. The van der Waals surface area contributed by atoms with Crippen molar-refractivity contribution in [3.63, 3.8) is 0 Å². The van der Waals surface area contributed by atoms with E-state index in [-0.39, 0.29) is 23.1 Å². The van der Waals surface area contributed by atoms with Crippen LogP contribution in [0.5, 0.6) is 5.75 Å². The van der Waals surface area contributed by atoms with E-state index in [9.17, 15) is 15.2 Å². The second kappa shape index (κ2) is 4.95. The third kappa shape index (κ3) is 2.46. The summed E-state index contributed by atoms with van der Waals surface area (Å²) in [6.45, 7) is 0. The highest BCUT2D eigenvalue weighted by Gasteiger charge is 2.14. The highest BCUT2D eigenvalue weighted by molar-refractivity contribution is 6.34. The Kier molecular flexibility index (Phi) is 3.11. The summed E-state index contributed by atoms with van der Waals surface area (Å²) in [5.74, 6) is -0.158. The lowest BCUT2D eigenvalue weighted by Gasteiger charge is -2.03. The molecule has 0 aliphatic carbocycles. The van der Waals surface area contributed by atoms with Gasteiger partial charge in [0.2, 0.25) is 0 Å². The molecule has 0 aliphatic heterocycles. The van der Waals surface area contributed by atoms with Crippen LogP contribution in [0, 0.1) is 10.1 Å². The minimum atomic E-state index is -0.562. The second-order valence-corrected chi connectivity index (χ2v) is 4.60. The minimum absolute atomic E-state index is 0.0777. The molecule has 21 heavy (non-hydrogen) atoms. The fraction of sp³-hybridized carbons (Fsp3) is 0. The number of fused-ring (bicyclic) bond motifs is 1. The number of aromatic hydroxyl groups is 1. The number of hydrogen-bond donors (Lipinski definition) is 2. The van der Waals surface area contributed by atoms with E-state index in [2.05, 4.69) is 10.3 Å². The molecule has 0 bridgehead atoms. The molecule has 7 nitrogen and oxygen atoms in total. The van der Waals surface area contributed by atoms with Crippen molar-refractivity contribution in [2.75, 3.05) is 5.32 Å². The lowest BCUT2D eigenvalue weighted by Crippen LogP contribution is -1.93. The van der Waals surface area contributed by atoms with Crippen molar-refractivity contribution in [1.29, 1.82) is 0 Å². The summed E-state index contributed by atoms with van der Waals surface area (Å²) in [4.78, 5) is 14.3. The van der Waals surface area contributed by atoms with Crippen molar-refractivity contribution in [2.24, 2.45) is 0 Å². The topological polar surface area (TPSA) is 101 Å². The van der Waals surface area contributed by atoms with Crippen LogP contribution in [0.15, 0.2) is 40.8 Å². The zero-order valence-corrected chi connectivity index (χ0v) is 11.2. The predicted octanol–water partition coefficient (Wildman–Crippen LogP) is 3.84. The maximum absolute atomic E-state index is 10.7. The van der Waals surface area contributed by atoms with Gasteiger partial charge >= 0.3 is 0 Å². The summed E-state index contributed by atoms with van der Waals surface area (Å²) < 4.78 is 5.42. The molecule has 0 amide bonds. The Hall–Kier alpha value is -2.80. The van der Waals surface area contributed by atoms with Crippen LogP contribution in [-0.2, 0) is 0 Å². The molecule has 0 unspecified atom stereocenters. The zero-order valence-electron chi connectivity index (χ0n) is 10.4. The van der Waals surface area contributed by atoms with Crippen molar-refractivity contribution in [3.8, 4) is 5.75 Å². The number of rotatable bonds is 3. The zero-order chi connectivity index (χ0) is 15.0. The number of oxazole rings is 1. The highest BCUT2D eigenvalue weighted by Crippen LogP contribution is 2.32. The number of phenols is 1. The number of nitrogens with one attached hydrogen (secondary N) is 1. The number of nitro groups is 1. The first-order chi connectivity index (χ1) is 10.0. The smallest absolute Gasteiger partial charge is 0.300 e. The van der Waals surface area contributed by atoms with Gasteiger partial charge in [-0.2, -0.15) is 4.98 Å². The van der Waals surface area contributed by atoms with Gasteiger partial charge in [0.15, 0.2) is 5.58 Å². The Bertz CT molecular complexity index is 847. The average Bonchev–Trinajstić information content (AvgIpc) is 2.85. The molecule has 0 aliphatic rings. The Balaban J connectivity index is 2.00. The number of anilines is 2. The summed E-state index contributed by atoms with van der Waals surface area (Å²) in [5.41, 5.74) is 0.887. The van der Waals surface area contributed by atoms with Gasteiger partial charge in [0, 0.05) is 12.1 Å². The molecule has 3 aromatic rings. The van der Waals surface area contributed by atoms with Crippen molar-refractivity contribution >= 4 is 40.1 Å². The van der Waals surface area contributed by atoms with E-state index < -0.39 is 4.92 Å². The Morgan fingerprint density at radius 1 is 1.33 bits per heavy atom. The van der Waals surface area contributed by atoms with E-state index in [0.717, 1.165) is 0 Å². The van der Waals surface area contributed by atoms with Gasteiger partial charge in [0.1, 0.15) is 11.3 Å². The number of phenolic OH excluding ortho intramolecular Hbond substituents is 1. The molecule has 0 atom stereocenters. The molecule has 0 fully saturated rings. The minimum Gasteiger partial charge on any atom is -0.506 e. The van der Waals surface area contributed by atoms with Gasteiger partial charge in [-0.3, -0.25) is 10.1 Å². The largest absolute Gasteiger partial charge is 0.506 e. The van der Waals surface area contributed by atoms with Gasteiger partial charge < -0.3 is 14.8 Å². The van der Waals surface area contributed by atoms with Crippen LogP contribution in [0.25, 0.3) is 11.1 Å². The Labute approximate surface area is 122 Å². The standard InChI is InChI=1S/C13H8ClN3O4/c14-8-2-1-3-11-12(8)16-13(21-11)15-9-6-7(17(19)20)4-5-10(9)18/h1-6,18H,(H,15,16). The van der Waals surface area contributed by atoms with Gasteiger partial charge in [0.05, 0.1) is 15.6 Å². The lowest BCUT2D eigenvalue weighted by molar-refractivity contribution is -0.384. The number of halogens is 1. The van der Waals surface area contributed by atoms with Crippen LogP contribution in [-0.4, -0.2) is 15.0 Å². The summed E-state index contributed by atoms with van der Waals surface area (Å²) in [6.07, 6.45) is 0. The maximum Gasteiger partial charge on any atom is 0.300 e. The first kappa shape index (κ1) is 13.2. The first-order valence-corrected chi connectivity index (χ1v) is 6.22. The van der Waals surface area contributed by atoms with Crippen LogP contribution >= 0.6 is 11.6 Å². The molecule has 8 heteroatoms. The SMILES string of the molecule is O=[N+]([O-])c1ccc(O)c(Nc2nc3c(Cl)cccc3o2)c1. The highest BCUT2D eigenvalue weighted by atomic mass is 35.5. The lowest BCUT2D eigenvalue weighted by atomic mass is 10.2. The number of para-hydroxylation sites is 1. The fourth-order valence-electron chi connectivity index (χ4n) is 1.82. The van der Waals surface area contributed by atoms with Crippen molar-refractivity contribution in [1.82, 2.24) is 4.98 Å². The Morgan fingerprint density at radius 3 is 2.86 bits per heavy atom. The monoisotopic (exact) mass is 305 g/mol. The fourth-order valence-corrected chi connectivity index (χ4v) is 2.03. The van der Waals surface area contributed by atoms with Gasteiger partial charge in [-0.15, -0.1) is 0 Å². The van der Waals surface area contributed by atoms with Crippen LogP contribution in [0.4, 0.5) is 17.4 Å². The second-order valence-electron chi connectivity index (χ2n) is 4.19. The molecule has 1 heterocycles. The van der Waals surface area contributed by atoms with Gasteiger partial charge in [-0.25, -0.2) is 0 Å². The number of hydrogen-bond acceptors (Lipinski definition) is 6. The van der Waals surface area contributed by atoms with E-state index in [1.807, 2.05) is 0 Å². The van der Waals surface area contributed by atoms with Gasteiger partial charge in [0.25, 0.3) is 11.7 Å². The van der Waals surface area contributed by atoms with Crippen molar-refractivity contribution < 1.29 is 14.4 Å². The molecule has 2 aromatic carbocycles. The van der Waals surface area contributed by atoms with Crippen LogP contribution in [0.1, 0.15) is 0 Å². The van der Waals surface area contributed by atoms with E-state index in [0.29, 0.717) is 16.1 Å². The van der Waals surface area contributed by atoms with Crippen LogP contribution in [0.2, 0.25) is 5.02 Å². The van der Waals surface area contributed by atoms with Crippen LogP contribution < -0.4 is 5.32 Å². The first-order valence-electron chi connectivity index (χ1n) is 5.84. The number of benzene rings is 2. The Morgan fingerprint density at radius 2 is 2.14 bits per heavy atom. The molecular formula is C13H8ClN3O4. The number of nitro benzene ring substituents is 1. The summed E-state index contributed by atoms with van der Waals surface area (Å²) in [5, 5.41) is 23.6. The van der Waals surface area contributed by atoms with E-state index in [1.54, 1.807) is 18.2 Å².